The smallest absolute Gasteiger partial charge is 0.283 e. The van der Waals surface area contributed by atoms with Crippen LogP contribution in [0.25, 0.3) is 11.2 Å². The zero-order valence-corrected chi connectivity index (χ0v) is 21.0. The predicted octanol–water partition coefficient (Wildman–Crippen LogP) is 3.21. The lowest BCUT2D eigenvalue weighted by Crippen LogP contribution is -2.52. The standard InChI is InChI=1S/C28H26ClN5O3/c29-22-9-4-8-21(18-22)19-24(35)32-14-16-33(17-15-32)27(36)25-28(37)34(13-11-20-6-2-1-3-7-20)26-23(31-25)10-5-12-30-26/h1-10,12,18H,11,13-17,19H2. The second kappa shape index (κ2) is 10.9. The normalized spacial score (nSPS) is 13.6. The van der Waals surface area contributed by atoms with Gasteiger partial charge < -0.3 is 9.80 Å². The van der Waals surface area contributed by atoms with Crippen molar-refractivity contribution in [1.29, 1.82) is 0 Å². The monoisotopic (exact) mass is 515 g/mol. The molecule has 0 unspecified atom stereocenters. The van der Waals surface area contributed by atoms with Gasteiger partial charge >= 0.3 is 0 Å². The summed E-state index contributed by atoms with van der Waals surface area (Å²) in [7, 11) is 0. The van der Waals surface area contributed by atoms with Gasteiger partial charge in [0, 0.05) is 43.9 Å². The number of aromatic nitrogens is 3. The van der Waals surface area contributed by atoms with Crippen LogP contribution in [0.2, 0.25) is 5.02 Å². The molecule has 2 aromatic heterocycles. The molecule has 1 aliphatic rings. The lowest BCUT2D eigenvalue weighted by Gasteiger charge is -2.34. The number of hydrogen-bond acceptors (Lipinski definition) is 5. The molecule has 1 saturated heterocycles. The Balaban J connectivity index is 1.31. The molecule has 37 heavy (non-hydrogen) atoms. The summed E-state index contributed by atoms with van der Waals surface area (Å²) in [5, 5.41) is 0.591. The number of hydrogen-bond donors (Lipinski definition) is 0. The zero-order chi connectivity index (χ0) is 25.8. The number of pyridine rings is 1. The fourth-order valence-electron chi connectivity index (χ4n) is 4.55. The van der Waals surface area contributed by atoms with Crippen LogP contribution >= 0.6 is 11.6 Å². The van der Waals surface area contributed by atoms with Crippen molar-refractivity contribution in [3.05, 3.63) is 105 Å². The first kappa shape index (κ1) is 24.6. The molecule has 188 valence electrons. The predicted molar refractivity (Wildman–Crippen MR) is 142 cm³/mol. The third kappa shape index (κ3) is 5.54. The molecule has 0 atom stereocenters. The number of carbonyl (C=O) groups excluding carboxylic acids is 2. The van der Waals surface area contributed by atoms with Crippen LogP contribution < -0.4 is 5.56 Å². The largest absolute Gasteiger partial charge is 0.339 e. The van der Waals surface area contributed by atoms with E-state index in [-0.39, 0.29) is 18.0 Å². The van der Waals surface area contributed by atoms with Crippen molar-refractivity contribution in [2.24, 2.45) is 0 Å². The molecule has 8 nitrogen and oxygen atoms in total. The fraction of sp³-hybridized carbons (Fsp3) is 0.250. The quantitative estimate of drug-likeness (QED) is 0.393. The molecular formula is C28H26ClN5O3. The Hall–Kier alpha value is -4.04. The molecule has 5 rings (SSSR count). The molecule has 0 N–H and O–H groups in total. The van der Waals surface area contributed by atoms with Crippen molar-refractivity contribution < 1.29 is 9.59 Å². The first-order valence-electron chi connectivity index (χ1n) is 12.2. The summed E-state index contributed by atoms with van der Waals surface area (Å²) in [6.07, 6.45) is 2.49. The van der Waals surface area contributed by atoms with E-state index < -0.39 is 11.5 Å². The van der Waals surface area contributed by atoms with Gasteiger partial charge in [-0.05, 0) is 41.8 Å². The van der Waals surface area contributed by atoms with Crippen molar-refractivity contribution in [3.8, 4) is 0 Å². The van der Waals surface area contributed by atoms with Crippen LogP contribution in [-0.2, 0) is 24.2 Å². The number of amides is 2. The van der Waals surface area contributed by atoms with E-state index in [9.17, 15) is 14.4 Å². The Morgan fingerprint density at radius 2 is 1.59 bits per heavy atom. The lowest BCUT2D eigenvalue weighted by atomic mass is 10.1. The highest BCUT2D eigenvalue weighted by atomic mass is 35.5. The number of rotatable bonds is 6. The summed E-state index contributed by atoms with van der Waals surface area (Å²) in [4.78, 5) is 51.7. The first-order chi connectivity index (χ1) is 18.0. The van der Waals surface area contributed by atoms with E-state index in [0.29, 0.717) is 55.3 Å². The highest BCUT2D eigenvalue weighted by Crippen LogP contribution is 2.14. The summed E-state index contributed by atoms with van der Waals surface area (Å²) in [5.41, 5.74) is 2.31. The second-order valence-corrected chi connectivity index (χ2v) is 9.42. The Morgan fingerprint density at radius 1 is 0.865 bits per heavy atom. The number of benzene rings is 2. The topological polar surface area (TPSA) is 88.4 Å². The molecule has 1 fully saturated rings. The number of halogens is 1. The minimum atomic E-state index is -0.452. The molecule has 2 amide bonds. The summed E-state index contributed by atoms with van der Waals surface area (Å²) in [6.45, 7) is 1.82. The maximum atomic E-state index is 13.4. The molecule has 0 aliphatic carbocycles. The van der Waals surface area contributed by atoms with Crippen LogP contribution in [-0.4, -0.2) is 62.3 Å². The van der Waals surface area contributed by atoms with Crippen molar-refractivity contribution >= 4 is 34.6 Å². The Morgan fingerprint density at radius 3 is 2.35 bits per heavy atom. The minimum Gasteiger partial charge on any atom is -0.339 e. The Kier molecular flexibility index (Phi) is 7.28. The average molecular weight is 516 g/mol. The van der Waals surface area contributed by atoms with E-state index in [1.54, 1.807) is 40.3 Å². The van der Waals surface area contributed by atoms with Gasteiger partial charge in [-0.2, -0.15) is 0 Å². The van der Waals surface area contributed by atoms with Crippen LogP contribution in [0.3, 0.4) is 0 Å². The number of piperazine rings is 1. The average Bonchev–Trinajstić information content (AvgIpc) is 2.92. The minimum absolute atomic E-state index is 0.0208. The number of fused-ring (bicyclic) bond motifs is 1. The van der Waals surface area contributed by atoms with Gasteiger partial charge in [-0.25, -0.2) is 9.97 Å². The van der Waals surface area contributed by atoms with E-state index in [1.165, 1.54) is 4.57 Å². The van der Waals surface area contributed by atoms with Crippen molar-refractivity contribution in [2.45, 2.75) is 19.4 Å². The molecule has 3 heterocycles. The molecule has 0 saturated carbocycles. The summed E-state index contributed by atoms with van der Waals surface area (Å²) < 4.78 is 1.54. The molecule has 4 aromatic rings. The highest BCUT2D eigenvalue weighted by Gasteiger charge is 2.28. The number of aryl methyl sites for hydroxylation is 2. The fourth-order valence-corrected chi connectivity index (χ4v) is 4.76. The van der Waals surface area contributed by atoms with Gasteiger partial charge in [-0.15, -0.1) is 0 Å². The van der Waals surface area contributed by atoms with Crippen LogP contribution in [0, 0.1) is 0 Å². The molecule has 0 radical (unpaired) electrons. The van der Waals surface area contributed by atoms with E-state index in [1.807, 2.05) is 42.5 Å². The molecule has 1 aliphatic heterocycles. The molecule has 0 spiro atoms. The number of carbonyl (C=O) groups is 2. The van der Waals surface area contributed by atoms with Gasteiger partial charge in [0.05, 0.1) is 6.42 Å². The third-order valence-electron chi connectivity index (χ3n) is 6.54. The van der Waals surface area contributed by atoms with Crippen LogP contribution in [0.4, 0.5) is 0 Å². The summed E-state index contributed by atoms with van der Waals surface area (Å²) >= 11 is 6.03. The van der Waals surface area contributed by atoms with E-state index >= 15 is 0 Å². The molecule has 2 aromatic carbocycles. The van der Waals surface area contributed by atoms with Gasteiger partial charge in [-0.1, -0.05) is 54.1 Å². The Bertz CT molecular complexity index is 1500. The second-order valence-electron chi connectivity index (χ2n) is 8.98. The zero-order valence-electron chi connectivity index (χ0n) is 20.2. The van der Waals surface area contributed by atoms with Gasteiger partial charge in [0.2, 0.25) is 5.91 Å². The van der Waals surface area contributed by atoms with Gasteiger partial charge in [0.25, 0.3) is 11.5 Å². The van der Waals surface area contributed by atoms with Crippen molar-refractivity contribution in [3.63, 3.8) is 0 Å². The molecule has 9 heteroatoms. The van der Waals surface area contributed by atoms with Crippen molar-refractivity contribution in [1.82, 2.24) is 24.3 Å². The maximum Gasteiger partial charge on any atom is 0.283 e. The molecular weight excluding hydrogens is 490 g/mol. The lowest BCUT2D eigenvalue weighted by molar-refractivity contribution is -0.131. The van der Waals surface area contributed by atoms with Crippen LogP contribution in [0.5, 0.6) is 0 Å². The summed E-state index contributed by atoms with van der Waals surface area (Å²) in [5.74, 6) is -0.446. The Labute approximate surface area is 219 Å². The van der Waals surface area contributed by atoms with Crippen LogP contribution in [0.15, 0.2) is 77.7 Å². The van der Waals surface area contributed by atoms with Gasteiger partial charge in [0.1, 0.15) is 5.52 Å². The third-order valence-corrected chi connectivity index (χ3v) is 6.77. The first-order valence-corrected chi connectivity index (χ1v) is 12.6. The van der Waals surface area contributed by atoms with E-state index in [0.717, 1.165) is 11.1 Å². The SMILES string of the molecule is O=C(Cc1cccc(Cl)c1)N1CCN(C(=O)c2nc3cccnc3n(CCc3ccccc3)c2=O)CC1. The van der Waals surface area contributed by atoms with Gasteiger partial charge in [-0.3, -0.25) is 19.0 Å². The summed E-state index contributed by atoms with van der Waals surface area (Å²) in [6, 6.07) is 20.6. The van der Waals surface area contributed by atoms with Crippen molar-refractivity contribution in [2.75, 3.05) is 26.2 Å². The van der Waals surface area contributed by atoms with Crippen LogP contribution in [0.1, 0.15) is 21.6 Å². The molecule has 0 bridgehead atoms. The van der Waals surface area contributed by atoms with Gasteiger partial charge in [0.15, 0.2) is 11.3 Å². The van der Waals surface area contributed by atoms with E-state index in [4.69, 9.17) is 11.6 Å². The number of nitrogens with zero attached hydrogens (tertiary/aromatic N) is 5. The maximum absolute atomic E-state index is 13.4. The van der Waals surface area contributed by atoms with E-state index in [2.05, 4.69) is 9.97 Å². The highest BCUT2D eigenvalue weighted by molar-refractivity contribution is 6.30.